The lowest BCUT2D eigenvalue weighted by atomic mass is 10.1. The quantitative estimate of drug-likeness (QED) is 0.692. The van der Waals surface area contributed by atoms with Gasteiger partial charge in [-0.15, -0.1) is 0 Å². The highest BCUT2D eigenvalue weighted by molar-refractivity contribution is 5.42. The van der Waals surface area contributed by atoms with Gasteiger partial charge in [-0.25, -0.2) is 0 Å². The van der Waals surface area contributed by atoms with Crippen LogP contribution in [0, 0.1) is 5.92 Å². The highest BCUT2D eigenvalue weighted by Gasteiger charge is 2.07. The molecule has 0 saturated carbocycles. The van der Waals surface area contributed by atoms with Gasteiger partial charge in [-0.2, -0.15) is 0 Å². The number of nitrogens with one attached hydrogen (secondary N) is 1. The van der Waals surface area contributed by atoms with Crippen LogP contribution in [0.4, 0.5) is 0 Å². The van der Waals surface area contributed by atoms with Crippen molar-refractivity contribution in [3.8, 4) is 11.5 Å². The van der Waals surface area contributed by atoms with E-state index in [1.807, 2.05) is 6.07 Å². The van der Waals surface area contributed by atoms with E-state index in [1.165, 1.54) is 5.56 Å². The van der Waals surface area contributed by atoms with Crippen molar-refractivity contribution in [2.24, 2.45) is 5.92 Å². The molecule has 0 fully saturated rings. The summed E-state index contributed by atoms with van der Waals surface area (Å²) in [6.45, 7) is 9.17. The number of benzene rings is 1. The van der Waals surface area contributed by atoms with Crippen LogP contribution >= 0.6 is 0 Å². The average Bonchev–Trinajstić information content (AvgIpc) is 2.45. The van der Waals surface area contributed by atoms with Gasteiger partial charge in [-0.05, 0) is 36.6 Å². The Labute approximate surface area is 117 Å². The zero-order valence-electron chi connectivity index (χ0n) is 12.7. The van der Waals surface area contributed by atoms with Crippen molar-refractivity contribution in [2.75, 3.05) is 20.3 Å². The van der Waals surface area contributed by atoms with E-state index in [4.69, 9.17) is 9.47 Å². The summed E-state index contributed by atoms with van der Waals surface area (Å²) in [4.78, 5) is 0. The van der Waals surface area contributed by atoms with Gasteiger partial charge in [0.15, 0.2) is 11.5 Å². The van der Waals surface area contributed by atoms with E-state index in [1.54, 1.807) is 7.11 Å². The second-order valence-electron chi connectivity index (χ2n) is 4.99. The summed E-state index contributed by atoms with van der Waals surface area (Å²) in [5, 5.41) is 3.39. The lowest BCUT2D eigenvalue weighted by molar-refractivity contribution is 0.244. The first-order chi connectivity index (χ1) is 9.21. The summed E-state index contributed by atoms with van der Waals surface area (Å²) in [6.07, 6.45) is 2.27. The minimum Gasteiger partial charge on any atom is -0.493 e. The molecule has 0 saturated heterocycles. The Hall–Kier alpha value is -1.22. The van der Waals surface area contributed by atoms with Gasteiger partial charge in [-0.1, -0.05) is 33.3 Å². The fraction of sp³-hybridized carbons (Fsp3) is 0.625. The third-order valence-electron chi connectivity index (χ3n) is 3.20. The fourth-order valence-corrected chi connectivity index (χ4v) is 1.70. The number of hydrogen-bond donors (Lipinski definition) is 1. The third-order valence-corrected chi connectivity index (χ3v) is 3.20. The van der Waals surface area contributed by atoms with E-state index < -0.39 is 0 Å². The molecule has 0 heterocycles. The predicted octanol–water partition coefficient (Wildman–Crippen LogP) is 3.62. The lowest BCUT2D eigenvalue weighted by Crippen LogP contribution is -2.14. The van der Waals surface area contributed by atoms with Crippen molar-refractivity contribution in [3.63, 3.8) is 0 Å². The number of ether oxygens (including phenoxy) is 2. The van der Waals surface area contributed by atoms with Crippen molar-refractivity contribution in [3.05, 3.63) is 23.8 Å². The molecule has 19 heavy (non-hydrogen) atoms. The van der Waals surface area contributed by atoms with E-state index in [2.05, 4.69) is 38.2 Å². The zero-order chi connectivity index (χ0) is 14.1. The molecule has 1 N–H and O–H groups in total. The van der Waals surface area contributed by atoms with Crippen molar-refractivity contribution < 1.29 is 9.47 Å². The van der Waals surface area contributed by atoms with Crippen LogP contribution in [-0.2, 0) is 6.54 Å². The summed E-state index contributed by atoms with van der Waals surface area (Å²) in [6, 6.07) is 6.15. The van der Waals surface area contributed by atoms with E-state index in [0.29, 0.717) is 5.92 Å². The summed E-state index contributed by atoms with van der Waals surface area (Å²) in [5.74, 6) is 2.22. The highest BCUT2D eigenvalue weighted by Crippen LogP contribution is 2.28. The van der Waals surface area contributed by atoms with E-state index >= 15 is 0 Å². The van der Waals surface area contributed by atoms with Gasteiger partial charge in [-0.3, -0.25) is 0 Å². The maximum absolute atomic E-state index is 5.82. The Morgan fingerprint density at radius 1 is 1.21 bits per heavy atom. The van der Waals surface area contributed by atoms with E-state index in [0.717, 1.165) is 44.0 Å². The Balaban J connectivity index is 2.62. The van der Waals surface area contributed by atoms with Crippen LogP contribution in [0.1, 0.15) is 39.2 Å². The molecule has 0 aromatic heterocycles. The Kier molecular flexibility index (Phi) is 7.34. The zero-order valence-corrected chi connectivity index (χ0v) is 12.7. The lowest BCUT2D eigenvalue weighted by Gasteiger charge is -2.15. The molecule has 0 aliphatic carbocycles. The molecule has 1 aromatic carbocycles. The van der Waals surface area contributed by atoms with Crippen LogP contribution in [0.5, 0.6) is 11.5 Å². The second kappa shape index (κ2) is 8.81. The van der Waals surface area contributed by atoms with Crippen LogP contribution < -0.4 is 14.8 Å². The van der Waals surface area contributed by atoms with E-state index in [-0.39, 0.29) is 0 Å². The average molecular weight is 265 g/mol. The Bertz CT molecular complexity index is 366. The molecule has 0 radical (unpaired) electrons. The molecule has 1 unspecified atom stereocenters. The molecule has 0 bridgehead atoms. The minimum atomic E-state index is 0.565. The van der Waals surface area contributed by atoms with Crippen molar-refractivity contribution >= 4 is 0 Å². The predicted molar refractivity (Wildman–Crippen MR) is 79.9 cm³/mol. The molecule has 3 nitrogen and oxygen atoms in total. The largest absolute Gasteiger partial charge is 0.493 e. The Morgan fingerprint density at radius 2 is 2.00 bits per heavy atom. The maximum Gasteiger partial charge on any atom is 0.161 e. The summed E-state index contributed by atoms with van der Waals surface area (Å²) < 4.78 is 11.2. The monoisotopic (exact) mass is 265 g/mol. The summed E-state index contributed by atoms with van der Waals surface area (Å²) >= 11 is 0. The van der Waals surface area contributed by atoms with Crippen LogP contribution in [0.15, 0.2) is 18.2 Å². The molecule has 1 rings (SSSR count). The summed E-state index contributed by atoms with van der Waals surface area (Å²) in [5.41, 5.74) is 1.22. The van der Waals surface area contributed by atoms with Crippen molar-refractivity contribution in [2.45, 2.75) is 40.2 Å². The molecule has 1 aromatic rings. The minimum absolute atomic E-state index is 0.565. The molecular weight excluding hydrogens is 238 g/mol. The smallest absolute Gasteiger partial charge is 0.161 e. The molecule has 3 heteroatoms. The Morgan fingerprint density at radius 3 is 2.63 bits per heavy atom. The SMILES string of the molecule is CCCNCc1ccc(OCC(C)CC)c(OC)c1. The standard InChI is InChI=1S/C16H27NO2/c1-5-9-17-11-14-7-8-15(16(10-14)18-4)19-12-13(3)6-2/h7-8,10,13,17H,5-6,9,11-12H2,1-4H3. The second-order valence-corrected chi connectivity index (χ2v) is 4.99. The van der Waals surface area contributed by atoms with Gasteiger partial charge in [0, 0.05) is 6.54 Å². The van der Waals surface area contributed by atoms with Crippen molar-refractivity contribution in [1.82, 2.24) is 5.32 Å². The summed E-state index contributed by atoms with van der Waals surface area (Å²) in [7, 11) is 1.69. The molecule has 0 aliphatic rings. The van der Waals surface area contributed by atoms with Gasteiger partial charge < -0.3 is 14.8 Å². The first-order valence-corrected chi connectivity index (χ1v) is 7.21. The molecule has 1 atom stereocenters. The number of rotatable bonds is 9. The van der Waals surface area contributed by atoms with Gasteiger partial charge in [0.05, 0.1) is 13.7 Å². The van der Waals surface area contributed by atoms with Gasteiger partial charge in [0.25, 0.3) is 0 Å². The fourth-order valence-electron chi connectivity index (χ4n) is 1.70. The van der Waals surface area contributed by atoms with E-state index in [9.17, 15) is 0 Å². The van der Waals surface area contributed by atoms with Crippen LogP contribution in [0.2, 0.25) is 0 Å². The van der Waals surface area contributed by atoms with Crippen LogP contribution in [0.3, 0.4) is 0 Å². The normalized spacial score (nSPS) is 12.2. The first-order valence-electron chi connectivity index (χ1n) is 7.21. The molecule has 0 aliphatic heterocycles. The van der Waals surface area contributed by atoms with Crippen molar-refractivity contribution in [1.29, 1.82) is 0 Å². The molecular formula is C16H27NO2. The first kappa shape index (κ1) is 15.8. The van der Waals surface area contributed by atoms with Crippen LogP contribution in [-0.4, -0.2) is 20.3 Å². The number of hydrogen-bond acceptors (Lipinski definition) is 3. The maximum atomic E-state index is 5.82. The van der Waals surface area contributed by atoms with Crippen LogP contribution in [0.25, 0.3) is 0 Å². The number of methoxy groups -OCH3 is 1. The van der Waals surface area contributed by atoms with Gasteiger partial charge >= 0.3 is 0 Å². The molecule has 108 valence electrons. The third kappa shape index (κ3) is 5.52. The highest BCUT2D eigenvalue weighted by atomic mass is 16.5. The van der Waals surface area contributed by atoms with Gasteiger partial charge in [0.2, 0.25) is 0 Å². The molecule has 0 spiro atoms. The molecule has 0 amide bonds. The van der Waals surface area contributed by atoms with Gasteiger partial charge in [0.1, 0.15) is 0 Å². The topological polar surface area (TPSA) is 30.5 Å².